The molecule has 0 aromatic rings. The minimum Gasteiger partial charge on any atom is -0.462 e. The third-order valence-corrected chi connectivity index (χ3v) is 1.58. The SMILES string of the molecule is C#CCCC1CCC(=O)O1. The van der Waals surface area contributed by atoms with Crippen LogP contribution in [0.3, 0.4) is 0 Å². The summed E-state index contributed by atoms with van der Waals surface area (Å²) in [4.78, 5) is 10.5. The van der Waals surface area contributed by atoms with E-state index >= 15 is 0 Å². The van der Waals surface area contributed by atoms with Crippen molar-refractivity contribution in [1.29, 1.82) is 0 Å². The van der Waals surface area contributed by atoms with Gasteiger partial charge >= 0.3 is 5.97 Å². The van der Waals surface area contributed by atoms with Gasteiger partial charge in [-0.1, -0.05) is 0 Å². The Hall–Kier alpha value is -0.970. The van der Waals surface area contributed by atoms with Crippen LogP contribution in [0.15, 0.2) is 0 Å². The fourth-order valence-electron chi connectivity index (χ4n) is 1.03. The van der Waals surface area contributed by atoms with Gasteiger partial charge in [-0.25, -0.2) is 0 Å². The molecule has 54 valence electrons. The summed E-state index contributed by atoms with van der Waals surface area (Å²) in [6.07, 6.45) is 8.09. The van der Waals surface area contributed by atoms with Gasteiger partial charge in [0.25, 0.3) is 0 Å². The lowest BCUT2D eigenvalue weighted by Crippen LogP contribution is -2.05. The molecular weight excluding hydrogens is 128 g/mol. The number of rotatable bonds is 2. The molecule has 1 aliphatic heterocycles. The minimum absolute atomic E-state index is 0.0815. The number of hydrogen-bond donors (Lipinski definition) is 0. The quantitative estimate of drug-likeness (QED) is 0.422. The van der Waals surface area contributed by atoms with Crippen molar-refractivity contribution in [2.24, 2.45) is 0 Å². The smallest absolute Gasteiger partial charge is 0.306 e. The summed E-state index contributed by atoms with van der Waals surface area (Å²) < 4.78 is 4.93. The number of carbonyl (C=O) groups is 1. The van der Waals surface area contributed by atoms with Crippen molar-refractivity contribution in [2.45, 2.75) is 31.8 Å². The molecule has 0 aliphatic carbocycles. The largest absolute Gasteiger partial charge is 0.462 e. The number of cyclic esters (lactones) is 1. The topological polar surface area (TPSA) is 26.3 Å². The van der Waals surface area contributed by atoms with E-state index in [9.17, 15) is 4.79 Å². The summed E-state index contributed by atoms with van der Waals surface area (Å²) in [5.41, 5.74) is 0. The van der Waals surface area contributed by atoms with Crippen LogP contribution in [0.4, 0.5) is 0 Å². The molecule has 0 amide bonds. The molecule has 1 unspecified atom stereocenters. The Bertz CT molecular complexity index is 167. The van der Waals surface area contributed by atoms with Crippen LogP contribution in [0.2, 0.25) is 0 Å². The molecule has 0 aromatic heterocycles. The van der Waals surface area contributed by atoms with Gasteiger partial charge in [0, 0.05) is 12.8 Å². The predicted molar refractivity (Wildman–Crippen MR) is 37.2 cm³/mol. The molecule has 1 aliphatic rings. The van der Waals surface area contributed by atoms with E-state index in [4.69, 9.17) is 11.2 Å². The third-order valence-electron chi connectivity index (χ3n) is 1.58. The zero-order valence-corrected chi connectivity index (χ0v) is 5.80. The molecule has 0 N–H and O–H groups in total. The lowest BCUT2D eigenvalue weighted by molar-refractivity contribution is -0.141. The van der Waals surface area contributed by atoms with E-state index in [1.807, 2.05) is 0 Å². The van der Waals surface area contributed by atoms with E-state index in [0.29, 0.717) is 12.8 Å². The standard InChI is InChI=1S/C8H10O2/c1-2-3-4-7-5-6-8(9)10-7/h1,7H,3-6H2. The fourth-order valence-corrected chi connectivity index (χ4v) is 1.03. The molecule has 0 spiro atoms. The molecule has 0 bridgehead atoms. The van der Waals surface area contributed by atoms with Crippen LogP contribution in [-0.4, -0.2) is 12.1 Å². The van der Waals surface area contributed by atoms with Crippen molar-refractivity contribution >= 4 is 5.97 Å². The number of terminal acetylenes is 1. The van der Waals surface area contributed by atoms with Gasteiger partial charge in [-0.3, -0.25) is 4.79 Å². The highest BCUT2D eigenvalue weighted by atomic mass is 16.5. The maximum atomic E-state index is 10.5. The summed E-state index contributed by atoms with van der Waals surface area (Å²) >= 11 is 0. The molecule has 10 heavy (non-hydrogen) atoms. The summed E-state index contributed by atoms with van der Waals surface area (Å²) in [5.74, 6) is 2.44. The predicted octanol–water partition coefficient (Wildman–Crippen LogP) is 1.11. The Morgan fingerprint density at radius 3 is 3.10 bits per heavy atom. The molecular formula is C8H10O2. The molecule has 1 saturated heterocycles. The lowest BCUT2D eigenvalue weighted by atomic mass is 10.1. The van der Waals surface area contributed by atoms with Gasteiger partial charge in [-0.15, -0.1) is 12.3 Å². The van der Waals surface area contributed by atoms with Crippen molar-refractivity contribution in [3.8, 4) is 12.3 Å². The summed E-state index contributed by atoms with van der Waals surface area (Å²) in [7, 11) is 0. The second kappa shape index (κ2) is 3.26. The minimum atomic E-state index is -0.0815. The number of esters is 1. The lowest BCUT2D eigenvalue weighted by Gasteiger charge is -2.04. The monoisotopic (exact) mass is 138 g/mol. The molecule has 1 atom stereocenters. The first kappa shape index (κ1) is 7.14. The van der Waals surface area contributed by atoms with Crippen LogP contribution < -0.4 is 0 Å². The highest BCUT2D eigenvalue weighted by molar-refractivity contribution is 5.71. The van der Waals surface area contributed by atoms with E-state index in [-0.39, 0.29) is 12.1 Å². The summed E-state index contributed by atoms with van der Waals surface area (Å²) in [5, 5.41) is 0. The van der Waals surface area contributed by atoms with E-state index in [2.05, 4.69) is 5.92 Å². The highest BCUT2D eigenvalue weighted by Gasteiger charge is 2.21. The summed E-state index contributed by atoms with van der Waals surface area (Å²) in [6.45, 7) is 0. The van der Waals surface area contributed by atoms with Crippen LogP contribution in [0.25, 0.3) is 0 Å². The fraction of sp³-hybridized carbons (Fsp3) is 0.625. The van der Waals surface area contributed by atoms with Crippen molar-refractivity contribution in [3.63, 3.8) is 0 Å². The molecule has 2 nitrogen and oxygen atoms in total. The van der Waals surface area contributed by atoms with E-state index in [1.54, 1.807) is 0 Å². The Labute approximate surface area is 60.6 Å². The summed E-state index contributed by atoms with van der Waals surface area (Å²) in [6, 6.07) is 0. The Balaban J connectivity index is 2.20. The molecule has 0 aromatic carbocycles. The molecule has 0 saturated carbocycles. The average molecular weight is 138 g/mol. The number of hydrogen-bond acceptors (Lipinski definition) is 2. The van der Waals surface area contributed by atoms with Gasteiger partial charge in [0.2, 0.25) is 0 Å². The second-order valence-electron chi connectivity index (χ2n) is 2.39. The third kappa shape index (κ3) is 1.77. The molecule has 2 heteroatoms. The molecule has 0 radical (unpaired) electrons. The molecule has 1 rings (SSSR count). The van der Waals surface area contributed by atoms with E-state index in [1.165, 1.54) is 0 Å². The molecule has 1 fully saturated rings. The van der Waals surface area contributed by atoms with Gasteiger partial charge in [0.15, 0.2) is 0 Å². The maximum absolute atomic E-state index is 10.5. The zero-order chi connectivity index (χ0) is 7.40. The normalized spacial score (nSPS) is 23.9. The van der Waals surface area contributed by atoms with Gasteiger partial charge in [0.05, 0.1) is 0 Å². The number of carbonyl (C=O) groups excluding carboxylic acids is 1. The zero-order valence-electron chi connectivity index (χ0n) is 5.80. The molecule has 1 heterocycles. The van der Waals surface area contributed by atoms with Crippen molar-refractivity contribution < 1.29 is 9.53 Å². The first-order valence-electron chi connectivity index (χ1n) is 3.46. The van der Waals surface area contributed by atoms with Crippen LogP contribution >= 0.6 is 0 Å². The van der Waals surface area contributed by atoms with Crippen molar-refractivity contribution in [3.05, 3.63) is 0 Å². The first-order valence-corrected chi connectivity index (χ1v) is 3.46. The second-order valence-corrected chi connectivity index (χ2v) is 2.39. The Morgan fingerprint density at radius 1 is 1.80 bits per heavy atom. The van der Waals surface area contributed by atoms with Gasteiger partial charge in [0.1, 0.15) is 6.10 Å². The van der Waals surface area contributed by atoms with Crippen LogP contribution in [0.1, 0.15) is 25.7 Å². The highest BCUT2D eigenvalue weighted by Crippen LogP contribution is 2.17. The first-order chi connectivity index (χ1) is 4.83. The van der Waals surface area contributed by atoms with Crippen molar-refractivity contribution in [2.75, 3.05) is 0 Å². The Morgan fingerprint density at radius 2 is 2.60 bits per heavy atom. The van der Waals surface area contributed by atoms with Crippen molar-refractivity contribution in [1.82, 2.24) is 0 Å². The number of ether oxygens (including phenoxy) is 1. The van der Waals surface area contributed by atoms with Crippen LogP contribution in [0, 0.1) is 12.3 Å². The Kier molecular flexibility index (Phi) is 2.33. The van der Waals surface area contributed by atoms with Gasteiger partial charge in [-0.2, -0.15) is 0 Å². The van der Waals surface area contributed by atoms with E-state index in [0.717, 1.165) is 12.8 Å². The van der Waals surface area contributed by atoms with E-state index < -0.39 is 0 Å². The van der Waals surface area contributed by atoms with Gasteiger partial charge in [-0.05, 0) is 12.8 Å². The van der Waals surface area contributed by atoms with Crippen LogP contribution in [-0.2, 0) is 9.53 Å². The maximum Gasteiger partial charge on any atom is 0.306 e. The average Bonchev–Trinajstić information content (AvgIpc) is 2.31. The van der Waals surface area contributed by atoms with Gasteiger partial charge < -0.3 is 4.74 Å². The van der Waals surface area contributed by atoms with Crippen LogP contribution in [0.5, 0.6) is 0 Å².